The lowest BCUT2D eigenvalue weighted by atomic mass is 10.1. The fourth-order valence-electron chi connectivity index (χ4n) is 1.97. The van der Waals surface area contributed by atoms with Crippen LogP contribution in [0.5, 0.6) is 5.75 Å². The first-order valence-corrected chi connectivity index (χ1v) is 7.04. The summed E-state index contributed by atoms with van der Waals surface area (Å²) in [4.78, 5) is 11.9. The maximum Gasteiger partial charge on any atom is 0.323 e. The molecule has 0 bridgehead atoms. The number of nitrogens with one attached hydrogen (secondary N) is 2. The van der Waals surface area contributed by atoms with E-state index in [1.807, 2.05) is 62.4 Å². The van der Waals surface area contributed by atoms with Gasteiger partial charge in [-0.1, -0.05) is 24.3 Å². The number of carbonyl (C=O) groups excluding carboxylic acids is 1. The van der Waals surface area contributed by atoms with Crippen LogP contribution in [0.2, 0.25) is 0 Å². The average Bonchev–Trinajstić information content (AvgIpc) is 2.52. The van der Waals surface area contributed by atoms with Gasteiger partial charge in [0.05, 0.1) is 7.11 Å². The van der Waals surface area contributed by atoms with Crippen LogP contribution in [0.4, 0.5) is 10.5 Å². The van der Waals surface area contributed by atoms with Crippen LogP contribution in [0.25, 0.3) is 6.08 Å². The van der Waals surface area contributed by atoms with Crippen molar-refractivity contribution in [2.45, 2.75) is 13.8 Å². The number of anilines is 1. The molecule has 0 aliphatic heterocycles. The van der Waals surface area contributed by atoms with Crippen LogP contribution in [-0.4, -0.2) is 13.1 Å². The highest BCUT2D eigenvalue weighted by atomic mass is 16.5. The lowest BCUT2D eigenvalue weighted by Gasteiger charge is -2.09. The largest absolute Gasteiger partial charge is 0.497 e. The summed E-state index contributed by atoms with van der Waals surface area (Å²) in [5.41, 5.74) is 4.01. The third-order valence-corrected chi connectivity index (χ3v) is 3.46. The molecule has 2 rings (SSSR count). The van der Waals surface area contributed by atoms with Crippen LogP contribution in [0.3, 0.4) is 0 Å². The first-order chi connectivity index (χ1) is 10.6. The van der Waals surface area contributed by atoms with E-state index in [0.29, 0.717) is 0 Å². The first kappa shape index (κ1) is 15.6. The zero-order chi connectivity index (χ0) is 15.9. The van der Waals surface area contributed by atoms with E-state index < -0.39 is 0 Å². The molecule has 2 aromatic rings. The Morgan fingerprint density at radius 1 is 1.09 bits per heavy atom. The molecule has 0 atom stereocenters. The minimum absolute atomic E-state index is 0.265. The van der Waals surface area contributed by atoms with E-state index in [-0.39, 0.29) is 6.03 Å². The van der Waals surface area contributed by atoms with Crippen molar-refractivity contribution in [3.05, 3.63) is 65.4 Å². The summed E-state index contributed by atoms with van der Waals surface area (Å²) >= 11 is 0. The molecule has 22 heavy (non-hydrogen) atoms. The number of ether oxygens (including phenoxy) is 1. The lowest BCUT2D eigenvalue weighted by molar-refractivity contribution is 0.255. The Morgan fingerprint density at radius 3 is 2.50 bits per heavy atom. The van der Waals surface area contributed by atoms with Crippen molar-refractivity contribution in [2.75, 3.05) is 12.4 Å². The lowest BCUT2D eigenvalue weighted by Crippen LogP contribution is -2.24. The predicted octanol–water partition coefficient (Wildman–Crippen LogP) is 4.10. The van der Waals surface area contributed by atoms with E-state index in [0.717, 1.165) is 28.1 Å². The van der Waals surface area contributed by atoms with Crippen LogP contribution in [-0.2, 0) is 0 Å². The van der Waals surface area contributed by atoms with Crippen molar-refractivity contribution in [3.63, 3.8) is 0 Å². The molecule has 0 saturated carbocycles. The monoisotopic (exact) mass is 296 g/mol. The number of hydrogen-bond acceptors (Lipinski definition) is 2. The normalized spacial score (nSPS) is 10.5. The van der Waals surface area contributed by atoms with Gasteiger partial charge in [-0.3, -0.25) is 0 Å². The summed E-state index contributed by atoms with van der Waals surface area (Å²) < 4.78 is 5.10. The number of methoxy groups -OCH3 is 1. The third-order valence-electron chi connectivity index (χ3n) is 3.46. The summed E-state index contributed by atoms with van der Waals surface area (Å²) in [6.07, 6.45) is 3.43. The molecule has 0 fully saturated rings. The van der Waals surface area contributed by atoms with Gasteiger partial charge in [0, 0.05) is 11.9 Å². The Kier molecular flexibility index (Phi) is 5.20. The zero-order valence-corrected chi connectivity index (χ0v) is 13.0. The fraction of sp³-hybridized carbons (Fsp3) is 0.167. The highest BCUT2D eigenvalue weighted by Crippen LogP contribution is 2.17. The maximum absolute atomic E-state index is 11.9. The van der Waals surface area contributed by atoms with Crippen molar-refractivity contribution in [1.29, 1.82) is 0 Å². The molecule has 4 nitrogen and oxygen atoms in total. The summed E-state index contributed by atoms with van der Waals surface area (Å²) in [6.45, 7) is 4.00. The molecule has 2 N–H and O–H groups in total. The van der Waals surface area contributed by atoms with Crippen LogP contribution < -0.4 is 15.4 Å². The molecule has 0 heterocycles. The summed E-state index contributed by atoms with van der Waals surface area (Å²) in [5.74, 6) is 0.803. The molecule has 4 heteroatoms. The van der Waals surface area contributed by atoms with Gasteiger partial charge in [0.15, 0.2) is 0 Å². The quantitative estimate of drug-likeness (QED) is 0.892. The van der Waals surface area contributed by atoms with E-state index in [4.69, 9.17) is 4.74 Å². The molecule has 114 valence electrons. The van der Waals surface area contributed by atoms with E-state index >= 15 is 0 Å². The van der Waals surface area contributed by atoms with Crippen molar-refractivity contribution in [1.82, 2.24) is 5.32 Å². The number of carbonyl (C=O) groups is 1. The molecule has 0 unspecified atom stereocenters. The SMILES string of the molecule is COc1ccc(/C=C/NC(=O)Nc2cccc(C)c2C)cc1. The second-order valence-corrected chi connectivity index (χ2v) is 4.95. The third kappa shape index (κ3) is 4.12. The van der Waals surface area contributed by atoms with E-state index in [2.05, 4.69) is 10.6 Å². The number of rotatable bonds is 4. The predicted molar refractivity (Wildman–Crippen MR) is 90.1 cm³/mol. The standard InChI is InChI=1S/C18H20N2O2/c1-13-5-4-6-17(14(13)2)20-18(21)19-12-11-15-7-9-16(22-3)10-8-15/h4-12H,1-3H3,(H2,19,20,21)/b12-11+. The van der Waals surface area contributed by atoms with E-state index in [1.165, 1.54) is 0 Å². The Bertz CT molecular complexity index is 676. The molecule has 0 radical (unpaired) electrons. The highest BCUT2D eigenvalue weighted by molar-refractivity contribution is 5.91. The Labute approximate surface area is 130 Å². The molecular formula is C18H20N2O2. The minimum Gasteiger partial charge on any atom is -0.497 e. The summed E-state index contributed by atoms with van der Waals surface area (Å²) in [6, 6.07) is 13.1. The molecule has 0 saturated heterocycles. The van der Waals surface area contributed by atoms with Crippen molar-refractivity contribution in [3.8, 4) is 5.75 Å². The van der Waals surface area contributed by atoms with Crippen molar-refractivity contribution >= 4 is 17.8 Å². The molecule has 2 aromatic carbocycles. The molecule has 0 aliphatic rings. The van der Waals surface area contributed by atoms with Gasteiger partial charge in [-0.25, -0.2) is 4.79 Å². The van der Waals surface area contributed by atoms with Crippen LogP contribution in [0.15, 0.2) is 48.7 Å². The average molecular weight is 296 g/mol. The zero-order valence-electron chi connectivity index (χ0n) is 13.0. The Balaban J connectivity index is 1.91. The number of amides is 2. The molecule has 0 aromatic heterocycles. The highest BCUT2D eigenvalue weighted by Gasteiger charge is 2.03. The van der Waals surface area contributed by atoms with Gasteiger partial charge in [0.1, 0.15) is 5.75 Å². The maximum atomic E-state index is 11.9. The van der Waals surface area contributed by atoms with Gasteiger partial charge in [0.25, 0.3) is 0 Å². The minimum atomic E-state index is -0.265. The molecule has 2 amide bonds. The van der Waals surface area contributed by atoms with Gasteiger partial charge in [-0.05, 0) is 54.8 Å². The smallest absolute Gasteiger partial charge is 0.323 e. The first-order valence-electron chi connectivity index (χ1n) is 7.04. The summed E-state index contributed by atoms with van der Waals surface area (Å²) in [5, 5.41) is 5.53. The van der Waals surface area contributed by atoms with Gasteiger partial charge < -0.3 is 15.4 Å². The topological polar surface area (TPSA) is 50.4 Å². The number of aryl methyl sites for hydroxylation is 1. The van der Waals surface area contributed by atoms with E-state index in [1.54, 1.807) is 13.3 Å². The second kappa shape index (κ2) is 7.31. The van der Waals surface area contributed by atoms with Gasteiger partial charge in [-0.2, -0.15) is 0 Å². The van der Waals surface area contributed by atoms with Crippen LogP contribution in [0.1, 0.15) is 16.7 Å². The molecule has 0 spiro atoms. The fourth-order valence-corrected chi connectivity index (χ4v) is 1.97. The van der Waals surface area contributed by atoms with Crippen molar-refractivity contribution in [2.24, 2.45) is 0 Å². The van der Waals surface area contributed by atoms with Crippen molar-refractivity contribution < 1.29 is 9.53 Å². The van der Waals surface area contributed by atoms with Gasteiger partial charge in [0.2, 0.25) is 0 Å². The number of hydrogen-bond donors (Lipinski definition) is 2. The van der Waals surface area contributed by atoms with E-state index in [9.17, 15) is 4.79 Å². The molecular weight excluding hydrogens is 276 g/mol. The Hall–Kier alpha value is -2.75. The van der Waals surface area contributed by atoms with Crippen LogP contribution in [0, 0.1) is 13.8 Å². The summed E-state index contributed by atoms with van der Waals surface area (Å²) in [7, 11) is 1.63. The second-order valence-electron chi connectivity index (χ2n) is 4.95. The van der Waals surface area contributed by atoms with Gasteiger partial charge >= 0.3 is 6.03 Å². The van der Waals surface area contributed by atoms with Gasteiger partial charge in [-0.15, -0.1) is 0 Å². The molecule has 0 aliphatic carbocycles. The number of urea groups is 1. The number of benzene rings is 2. The Morgan fingerprint density at radius 2 is 1.82 bits per heavy atom. The van der Waals surface area contributed by atoms with Crippen LogP contribution >= 0.6 is 0 Å².